The van der Waals surface area contributed by atoms with Crippen LogP contribution in [0, 0.1) is 0 Å². The van der Waals surface area contributed by atoms with Gasteiger partial charge in [0, 0.05) is 36.2 Å². The minimum absolute atomic E-state index is 0.0518. The maximum atomic E-state index is 12.5. The van der Waals surface area contributed by atoms with Crippen LogP contribution in [0.5, 0.6) is 0 Å². The second-order valence-corrected chi connectivity index (χ2v) is 9.51. The van der Waals surface area contributed by atoms with E-state index in [1.807, 2.05) is 29.6 Å². The Morgan fingerprint density at radius 3 is 2.44 bits per heavy atom. The van der Waals surface area contributed by atoms with Crippen molar-refractivity contribution in [3.63, 3.8) is 0 Å². The molecule has 0 saturated heterocycles. The van der Waals surface area contributed by atoms with E-state index in [2.05, 4.69) is 46.8 Å². The number of aromatic nitrogens is 1. The van der Waals surface area contributed by atoms with E-state index in [1.54, 1.807) is 0 Å². The second-order valence-electron chi connectivity index (χ2n) is 8.65. The van der Waals surface area contributed by atoms with Crippen molar-refractivity contribution in [1.29, 1.82) is 0 Å². The van der Waals surface area contributed by atoms with Gasteiger partial charge in [-0.2, -0.15) is 0 Å². The van der Waals surface area contributed by atoms with Crippen LogP contribution in [0.25, 0.3) is 0 Å². The molecule has 3 N–H and O–H groups in total. The highest BCUT2D eigenvalue weighted by molar-refractivity contribution is 7.14. The van der Waals surface area contributed by atoms with Crippen LogP contribution in [-0.4, -0.2) is 22.6 Å². The van der Waals surface area contributed by atoms with E-state index in [1.165, 1.54) is 67.5 Å². The monoisotopic (exact) mass is 479 g/mol. The Morgan fingerprint density at radius 2 is 1.68 bits per heavy atom. The Balaban J connectivity index is 1.46. The minimum Gasteiger partial charge on any atom is -0.396 e. The Morgan fingerprint density at radius 1 is 0.941 bits per heavy atom. The van der Waals surface area contributed by atoms with Gasteiger partial charge in [-0.05, 0) is 42.2 Å². The molecule has 0 aliphatic heterocycles. The highest BCUT2D eigenvalue weighted by atomic mass is 32.1. The Hall–Kier alpha value is -2.70. The number of nitrogens with one attached hydrogen (secondary N) is 2. The summed E-state index contributed by atoms with van der Waals surface area (Å²) in [7, 11) is 0. The van der Waals surface area contributed by atoms with Gasteiger partial charge in [0.05, 0.1) is 5.69 Å². The van der Waals surface area contributed by atoms with Gasteiger partial charge in [0.2, 0.25) is 0 Å². The number of aryl methyl sites for hydroxylation is 1. The summed E-state index contributed by atoms with van der Waals surface area (Å²) in [6.45, 7) is 3.03. The number of para-hydroxylation sites is 1. The molecule has 0 spiro atoms. The zero-order valence-corrected chi connectivity index (χ0v) is 21.0. The SMILES string of the molecule is CCCCCCCCCc1ccccc1NCc1ccc(C(=O)Nc2nc(CCO)cs2)cc1. The van der Waals surface area contributed by atoms with Crippen molar-refractivity contribution in [3.8, 4) is 0 Å². The molecule has 0 bridgehead atoms. The molecule has 3 aromatic rings. The van der Waals surface area contributed by atoms with Crippen LogP contribution in [0.4, 0.5) is 10.8 Å². The normalized spacial score (nSPS) is 10.9. The number of thiazole rings is 1. The molecular weight excluding hydrogens is 442 g/mol. The molecule has 0 fully saturated rings. The van der Waals surface area contributed by atoms with Crippen molar-refractivity contribution in [3.05, 3.63) is 76.3 Å². The van der Waals surface area contributed by atoms with Gasteiger partial charge >= 0.3 is 0 Å². The van der Waals surface area contributed by atoms with Crippen LogP contribution in [0.15, 0.2) is 53.9 Å². The van der Waals surface area contributed by atoms with Crippen molar-refractivity contribution in [2.24, 2.45) is 0 Å². The molecule has 0 unspecified atom stereocenters. The predicted molar refractivity (Wildman–Crippen MR) is 143 cm³/mol. The van der Waals surface area contributed by atoms with E-state index in [0.29, 0.717) is 23.7 Å². The second kappa shape index (κ2) is 14.5. The van der Waals surface area contributed by atoms with Gasteiger partial charge in [-0.1, -0.05) is 75.8 Å². The molecule has 0 saturated carbocycles. The molecule has 2 aromatic carbocycles. The fraction of sp³-hybridized carbons (Fsp3) is 0.429. The lowest BCUT2D eigenvalue weighted by Gasteiger charge is -2.12. The van der Waals surface area contributed by atoms with Gasteiger partial charge < -0.3 is 10.4 Å². The van der Waals surface area contributed by atoms with Crippen molar-refractivity contribution in [2.45, 2.75) is 71.3 Å². The number of unbranched alkanes of at least 4 members (excludes halogenated alkanes) is 6. The highest BCUT2D eigenvalue weighted by Crippen LogP contribution is 2.20. The van der Waals surface area contributed by atoms with Gasteiger partial charge in [-0.25, -0.2) is 4.98 Å². The number of carbonyl (C=O) groups excluding carboxylic acids is 1. The van der Waals surface area contributed by atoms with Crippen LogP contribution in [0.3, 0.4) is 0 Å². The summed E-state index contributed by atoms with van der Waals surface area (Å²) < 4.78 is 0. The minimum atomic E-state index is -0.176. The van der Waals surface area contributed by atoms with Crippen LogP contribution in [0.1, 0.15) is 79.0 Å². The third kappa shape index (κ3) is 8.58. The summed E-state index contributed by atoms with van der Waals surface area (Å²) in [5.74, 6) is -0.176. The van der Waals surface area contributed by atoms with Crippen LogP contribution in [0.2, 0.25) is 0 Å². The van der Waals surface area contributed by atoms with Gasteiger partial charge in [0.25, 0.3) is 5.91 Å². The van der Waals surface area contributed by atoms with E-state index in [0.717, 1.165) is 17.7 Å². The molecule has 1 amide bonds. The predicted octanol–water partition coefficient (Wildman–Crippen LogP) is 6.84. The Kier molecular flexibility index (Phi) is 11.1. The van der Waals surface area contributed by atoms with Crippen molar-refractivity contribution in [1.82, 2.24) is 4.98 Å². The summed E-state index contributed by atoms with van der Waals surface area (Å²) in [4.78, 5) is 16.8. The summed E-state index contributed by atoms with van der Waals surface area (Å²) >= 11 is 1.37. The molecular formula is C28H37N3O2S. The van der Waals surface area contributed by atoms with Crippen LogP contribution in [-0.2, 0) is 19.4 Å². The summed E-state index contributed by atoms with van der Waals surface area (Å²) in [5.41, 5.74) is 5.08. The van der Waals surface area contributed by atoms with E-state index in [4.69, 9.17) is 5.11 Å². The number of benzene rings is 2. The third-order valence-electron chi connectivity index (χ3n) is 5.91. The first-order valence-corrected chi connectivity index (χ1v) is 13.3. The number of nitrogens with zero attached hydrogens (tertiary/aromatic N) is 1. The van der Waals surface area contributed by atoms with E-state index in [-0.39, 0.29) is 12.5 Å². The van der Waals surface area contributed by atoms with Gasteiger partial charge in [-0.3, -0.25) is 10.1 Å². The van der Waals surface area contributed by atoms with Crippen molar-refractivity contribution < 1.29 is 9.90 Å². The van der Waals surface area contributed by atoms with Gasteiger partial charge in [-0.15, -0.1) is 11.3 Å². The lowest BCUT2D eigenvalue weighted by molar-refractivity contribution is 0.102. The molecule has 0 aliphatic carbocycles. The molecule has 0 atom stereocenters. The zero-order chi connectivity index (χ0) is 24.0. The molecule has 1 aromatic heterocycles. The number of amides is 1. The summed E-state index contributed by atoms with van der Waals surface area (Å²) in [6.07, 6.45) is 10.8. The first-order chi connectivity index (χ1) is 16.7. The van der Waals surface area contributed by atoms with Crippen molar-refractivity contribution in [2.75, 3.05) is 17.2 Å². The lowest BCUT2D eigenvalue weighted by Crippen LogP contribution is -2.12. The van der Waals surface area contributed by atoms with E-state index < -0.39 is 0 Å². The third-order valence-corrected chi connectivity index (χ3v) is 6.71. The maximum absolute atomic E-state index is 12.5. The molecule has 5 nitrogen and oxygen atoms in total. The molecule has 6 heteroatoms. The number of hydrogen-bond donors (Lipinski definition) is 3. The quantitative estimate of drug-likeness (QED) is 0.209. The Labute approximate surface area is 207 Å². The number of aliphatic hydroxyl groups is 1. The summed E-state index contributed by atoms with van der Waals surface area (Å²) in [5, 5.41) is 17.8. The number of rotatable bonds is 15. The number of hydrogen-bond acceptors (Lipinski definition) is 5. The standard InChI is InChI=1S/C28H37N3O2S/c1-2-3-4-5-6-7-8-11-23-12-9-10-13-26(23)29-20-22-14-16-24(17-15-22)27(33)31-28-30-25(18-19-32)21-34-28/h9-10,12-17,21,29,32H,2-8,11,18-20H2,1H3,(H,30,31,33). The van der Waals surface area contributed by atoms with E-state index in [9.17, 15) is 4.79 Å². The number of aliphatic hydroxyl groups excluding tert-OH is 1. The average molecular weight is 480 g/mol. The van der Waals surface area contributed by atoms with Crippen LogP contribution >= 0.6 is 11.3 Å². The van der Waals surface area contributed by atoms with E-state index >= 15 is 0 Å². The fourth-order valence-electron chi connectivity index (χ4n) is 3.92. The average Bonchev–Trinajstić information content (AvgIpc) is 3.30. The lowest BCUT2D eigenvalue weighted by atomic mass is 10.0. The van der Waals surface area contributed by atoms with Crippen molar-refractivity contribution >= 4 is 28.1 Å². The molecule has 34 heavy (non-hydrogen) atoms. The molecule has 1 heterocycles. The largest absolute Gasteiger partial charge is 0.396 e. The van der Waals surface area contributed by atoms with Gasteiger partial charge in [0.15, 0.2) is 5.13 Å². The summed E-state index contributed by atoms with van der Waals surface area (Å²) in [6, 6.07) is 16.2. The zero-order valence-electron chi connectivity index (χ0n) is 20.2. The maximum Gasteiger partial charge on any atom is 0.257 e. The Bertz CT molecular complexity index is 1000. The molecule has 3 rings (SSSR count). The molecule has 0 aliphatic rings. The fourth-order valence-corrected chi connectivity index (χ4v) is 4.66. The first-order valence-electron chi connectivity index (χ1n) is 12.5. The molecule has 182 valence electrons. The molecule has 0 radical (unpaired) electrons. The smallest absolute Gasteiger partial charge is 0.257 e. The number of carbonyl (C=O) groups is 1. The number of anilines is 2. The topological polar surface area (TPSA) is 74.2 Å². The highest BCUT2D eigenvalue weighted by Gasteiger charge is 2.09. The van der Waals surface area contributed by atoms with Gasteiger partial charge in [0.1, 0.15) is 0 Å². The first kappa shape index (κ1) is 25.9. The van der Waals surface area contributed by atoms with Crippen LogP contribution < -0.4 is 10.6 Å².